The highest BCUT2D eigenvalue weighted by atomic mass is 35.5. The Kier molecular flexibility index (Phi) is 4.03. The lowest BCUT2D eigenvalue weighted by molar-refractivity contribution is 0.104. The summed E-state index contributed by atoms with van der Waals surface area (Å²) in [6.07, 6.45) is 3.17. The smallest absolute Gasteiger partial charge is 0.185 e. The van der Waals surface area contributed by atoms with E-state index in [2.05, 4.69) is 0 Å². The summed E-state index contributed by atoms with van der Waals surface area (Å²) < 4.78 is 0. The van der Waals surface area contributed by atoms with Crippen LogP contribution in [-0.4, -0.2) is 10.9 Å². The minimum atomic E-state index is -0.0621. The van der Waals surface area contributed by atoms with Gasteiger partial charge in [-0.3, -0.25) is 4.79 Å². The number of carbonyl (C=O) groups is 1. The van der Waals surface area contributed by atoms with Crippen LogP contribution in [0.5, 0.6) is 5.75 Å². The second-order valence-corrected chi connectivity index (χ2v) is 4.69. The van der Waals surface area contributed by atoms with Crippen molar-refractivity contribution in [1.82, 2.24) is 0 Å². The largest absolute Gasteiger partial charge is 0.506 e. The van der Waals surface area contributed by atoms with Crippen molar-refractivity contribution in [3.05, 3.63) is 70.3 Å². The number of hydrogen-bond acceptors (Lipinski definition) is 2. The van der Waals surface area contributed by atoms with Gasteiger partial charge in [-0.15, -0.1) is 0 Å². The van der Waals surface area contributed by atoms with Crippen molar-refractivity contribution in [2.75, 3.05) is 0 Å². The number of ketones is 1. The Morgan fingerprint density at radius 1 is 1.21 bits per heavy atom. The van der Waals surface area contributed by atoms with Gasteiger partial charge in [-0.25, -0.2) is 0 Å². The van der Waals surface area contributed by atoms with Crippen LogP contribution in [-0.2, 0) is 0 Å². The van der Waals surface area contributed by atoms with Crippen molar-refractivity contribution in [3.63, 3.8) is 0 Å². The number of aryl methyl sites for hydroxylation is 1. The van der Waals surface area contributed by atoms with Gasteiger partial charge in [0.2, 0.25) is 0 Å². The first-order valence-corrected chi connectivity index (χ1v) is 6.21. The van der Waals surface area contributed by atoms with Crippen LogP contribution >= 0.6 is 11.6 Å². The first-order valence-electron chi connectivity index (χ1n) is 5.84. The monoisotopic (exact) mass is 272 g/mol. The van der Waals surface area contributed by atoms with Crippen LogP contribution in [0.15, 0.2) is 48.5 Å². The highest BCUT2D eigenvalue weighted by Crippen LogP contribution is 2.24. The summed E-state index contributed by atoms with van der Waals surface area (Å²) >= 11 is 5.80. The molecule has 96 valence electrons. The summed E-state index contributed by atoms with van der Waals surface area (Å²) in [6, 6.07) is 12.2. The van der Waals surface area contributed by atoms with Gasteiger partial charge in [-0.1, -0.05) is 47.5 Å². The summed E-state index contributed by atoms with van der Waals surface area (Å²) in [5, 5.41) is 9.58. The third kappa shape index (κ3) is 3.46. The third-order valence-corrected chi connectivity index (χ3v) is 3.00. The van der Waals surface area contributed by atoms with Crippen LogP contribution < -0.4 is 0 Å². The number of carbonyl (C=O) groups excluding carboxylic acids is 1. The zero-order valence-corrected chi connectivity index (χ0v) is 11.2. The standard InChI is InChI=1S/C16H13ClO2/c1-11-3-2-4-13(9-11)15(18)7-5-12-6-8-16(19)14(17)10-12/h2-10,19H,1H3/b7-5+. The highest BCUT2D eigenvalue weighted by Gasteiger charge is 2.02. The van der Waals surface area contributed by atoms with Crippen molar-refractivity contribution in [3.8, 4) is 5.75 Å². The number of halogens is 1. The fourth-order valence-electron chi connectivity index (χ4n) is 1.69. The lowest BCUT2D eigenvalue weighted by Crippen LogP contribution is -1.94. The Morgan fingerprint density at radius 2 is 2.00 bits per heavy atom. The zero-order valence-electron chi connectivity index (χ0n) is 10.4. The maximum absolute atomic E-state index is 12.0. The van der Waals surface area contributed by atoms with Crippen molar-refractivity contribution < 1.29 is 9.90 Å². The molecule has 0 saturated carbocycles. The number of rotatable bonds is 3. The van der Waals surface area contributed by atoms with Gasteiger partial charge in [0.1, 0.15) is 5.75 Å². The Balaban J connectivity index is 2.18. The summed E-state index contributed by atoms with van der Waals surface area (Å²) in [5.74, 6) is -0.0308. The predicted octanol–water partition coefficient (Wildman–Crippen LogP) is 4.25. The molecule has 0 unspecified atom stereocenters. The molecule has 0 saturated heterocycles. The average Bonchev–Trinajstić information content (AvgIpc) is 2.40. The molecule has 0 fully saturated rings. The molecule has 0 atom stereocenters. The molecule has 0 bridgehead atoms. The van der Waals surface area contributed by atoms with Gasteiger partial charge in [0.05, 0.1) is 5.02 Å². The Hall–Kier alpha value is -2.06. The van der Waals surface area contributed by atoms with Crippen LogP contribution in [0.4, 0.5) is 0 Å². The molecular weight excluding hydrogens is 260 g/mol. The van der Waals surface area contributed by atoms with E-state index in [9.17, 15) is 9.90 Å². The molecule has 1 N–H and O–H groups in total. The van der Waals surface area contributed by atoms with Crippen molar-refractivity contribution >= 4 is 23.5 Å². The number of benzene rings is 2. The lowest BCUT2D eigenvalue weighted by atomic mass is 10.1. The molecule has 0 aliphatic rings. The molecule has 0 aromatic heterocycles. The van der Waals surface area contributed by atoms with E-state index in [-0.39, 0.29) is 16.6 Å². The summed E-state index contributed by atoms with van der Waals surface area (Å²) in [6.45, 7) is 1.94. The minimum Gasteiger partial charge on any atom is -0.506 e. The van der Waals surface area contributed by atoms with E-state index in [0.29, 0.717) is 5.56 Å². The normalized spacial score (nSPS) is 10.8. The molecule has 3 heteroatoms. The van der Waals surface area contributed by atoms with Crippen LogP contribution in [0.3, 0.4) is 0 Å². The quantitative estimate of drug-likeness (QED) is 0.670. The van der Waals surface area contributed by atoms with E-state index < -0.39 is 0 Å². The van der Waals surface area contributed by atoms with Crippen molar-refractivity contribution in [2.45, 2.75) is 6.92 Å². The van der Waals surface area contributed by atoms with Gasteiger partial charge in [0, 0.05) is 5.56 Å². The maximum atomic E-state index is 12.0. The lowest BCUT2D eigenvalue weighted by Gasteiger charge is -1.99. The molecule has 2 nitrogen and oxygen atoms in total. The summed E-state index contributed by atoms with van der Waals surface area (Å²) in [5.41, 5.74) is 2.47. The minimum absolute atomic E-state index is 0.0313. The predicted molar refractivity (Wildman–Crippen MR) is 77.7 cm³/mol. The van der Waals surface area contributed by atoms with E-state index in [4.69, 9.17) is 11.6 Å². The van der Waals surface area contributed by atoms with Gasteiger partial charge >= 0.3 is 0 Å². The molecule has 0 radical (unpaired) electrons. The Labute approximate surface area is 117 Å². The second kappa shape index (κ2) is 5.72. The molecule has 0 aliphatic carbocycles. The molecule has 2 aromatic rings. The fraction of sp³-hybridized carbons (Fsp3) is 0.0625. The summed E-state index contributed by atoms with van der Waals surface area (Å²) in [4.78, 5) is 12.0. The molecule has 2 rings (SSSR count). The van der Waals surface area contributed by atoms with Gasteiger partial charge in [0.25, 0.3) is 0 Å². The number of hydrogen-bond donors (Lipinski definition) is 1. The molecule has 0 heterocycles. The molecule has 2 aromatic carbocycles. The van der Waals surface area contributed by atoms with Crippen molar-refractivity contribution in [2.24, 2.45) is 0 Å². The molecule has 0 aliphatic heterocycles. The van der Waals surface area contributed by atoms with Crippen molar-refractivity contribution in [1.29, 1.82) is 0 Å². The zero-order chi connectivity index (χ0) is 13.8. The SMILES string of the molecule is Cc1cccc(C(=O)/C=C/c2ccc(O)c(Cl)c2)c1. The number of aromatic hydroxyl groups is 1. The van der Waals surface area contributed by atoms with E-state index in [0.717, 1.165) is 11.1 Å². The molecule has 19 heavy (non-hydrogen) atoms. The average molecular weight is 273 g/mol. The Bertz CT molecular complexity index is 645. The van der Waals surface area contributed by atoms with E-state index in [1.54, 1.807) is 24.3 Å². The first kappa shape index (κ1) is 13.4. The van der Waals surface area contributed by atoms with E-state index >= 15 is 0 Å². The van der Waals surface area contributed by atoms with Gasteiger partial charge < -0.3 is 5.11 Å². The van der Waals surface area contributed by atoms with Crippen LogP contribution in [0.25, 0.3) is 6.08 Å². The van der Waals surface area contributed by atoms with Gasteiger partial charge in [-0.05, 0) is 36.8 Å². The maximum Gasteiger partial charge on any atom is 0.185 e. The van der Waals surface area contributed by atoms with E-state index in [1.165, 1.54) is 12.1 Å². The van der Waals surface area contributed by atoms with Gasteiger partial charge in [-0.2, -0.15) is 0 Å². The van der Waals surface area contributed by atoms with Crippen LogP contribution in [0.1, 0.15) is 21.5 Å². The van der Waals surface area contributed by atoms with Gasteiger partial charge in [0.15, 0.2) is 5.78 Å². The topological polar surface area (TPSA) is 37.3 Å². The molecule has 0 amide bonds. The Morgan fingerprint density at radius 3 is 2.68 bits per heavy atom. The molecule has 0 spiro atoms. The van der Waals surface area contributed by atoms with Crippen LogP contribution in [0, 0.1) is 6.92 Å². The molecular formula is C16H13ClO2. The number of phenolic OH excluding ortho intramolecular Hbond substituents is 1. The first-order chi connectivity index (χ1) is 9.06. The fourth-order valence-corrected chi connectivity index (χ4v) is 1.88. The number of allylic oxidation sites excluding steroid dienone is 1. The summed E-state index contributed by atoms with van der Waals surface area (Å²) in [7, 11) is 0. The van der Waals surface area contributed by atoms with Crippen LogP contribution in [0.2, 0.25) is 5.02 Å². The second-order valence-electron chi connectivity index (χ2n) is 4.28. The van der Waals surface area contributed by atoms with E-state index in [1.807, 2.05) is 25.1 Å². The number of phenols is 1. The third-order valence-electron chi connectivity index (χ3n) is 2.70. The highest BCUT2D eigenvalue weighted by molar-refractivity contribution is 6.32.